The summed E-state index contributed by atoms with van der Waals surface area (Å²) >= 11 is 6.24. The lowest BCUT2D eigenvalue weighted by molar-refractivity contribution is -0.132. The summed E-state index contributed by atoms with van der Waals surface area (Å²) in [7, 11) is 3.05. The van der Waals surface area contributed by atoms with Crippen molar-refractivity contribution in [2.45, 2.75) is 20.8 Å². The molecule has 0 N–H and O–H groups in total. The largest absolute Gasteiger partial charge is 0.493 e. The van der Waals surface area contributed by atoms with Crippen LogP contribution >= 0.6 is 11.6 Å². The number of carbonyl (C=O) groups excluding carboxylic acids is 1. The molecule has 0 saturated carbocycles. The molecule has 8 heteroatoms. The van der Waals surface area contributed by atoms with Gasteiger partial charge in [-0.2, -0.15) is 0 Å². The number of rotatable bonds is 8. The third-order valence-corrected chi connectivity index (χ3v) is 5.64. The van der Waals surface area contributed by atoms with Gasteiger partial charge in [0.15, 0.2) is 23.9 Å². The minimum Gasteiger partial charge on any atom is -0.493 e. The highest BCUT2D eigenvalue weighted by Gasteiger charge is 2.22. The maximum absolute atomic E-state index is 13.4. The van der Waals surface area contributed by atoms with E-state index in [4.69, 9.17) is 30.2 Å². The van der Waals surface area contributed by atoms with Crippen molar-refractivity contribution in [2.24, 2.45) is 0 Å². The Labute approximate surface area is 191 Å². The molecule has 2 aromatic carbocycles. The van der Waals surface area contributed by atoms with Crippen LogP contribution in [-0.2, 0) is 4.79 Å². The second-order valence-corrected chi connectivity index (χ2v) is 7.52. The van der Waals surface area contributed by atoms with Crippen molar-refractivity contribution in [3.05, 3.63) is 51.1 Å². The van der Waals surface area contributed by atoms with E-state index in [1.807, 2.05) is 20.8 Å². The molecule has 1 amide bonds. The Balaban J connectivity index is 2.19. The summed E-state index contributed by atoms with van der Waals surface area (Å²) in [4.78, 5) is 27.5. The lowest BCUT2D eigenvalue weighted by Gasteiger charge is -2.19. The zero-order valence-electron chi connectivity index (χ0n) is 18.8. The Morgan fingerprint density at radius 3 is 2.38 bits per heavy atom. The van der Waals surface area contributed by atoms with Crippen molar-refractivity contribution in [1.29, 1.82) is 0 Å². The van der Waals surface area contributed by atoms with Gasteiger partial charge in [0.25, 0.3) is 5.91 Å². The molecule has 0 saturated heterocycles. The minimum atomic E-state index is -0.412. The first-order valence-electron chi connectivity index (χ1n) is 10.2. The summed E-state index contributed by atoms with van der Waals surface area (Å²) in [6.07, 6.45) is 0. The number of hydrogen-bond acceptors (Lipinski definition) is 6. The molecule has 0 fully saturated rings. The first-order chi connectivity index (χ1) is 15.3. The first-order valence-corrected chi connectivity index (χ1v) is 10.6. The molecular weight excluding hydrogens is 434 g/mol. The van der Waals surface area contributed by atoms with Gasteiger partial charge in [-0.25, -0.2) is 0 Å². The van der Waals surface area contributed by atoms with Crippen molar-refractivity contribution >= 4 is 28.5 Å². The van der Waals surface area contributed by atoms with Crippen molar-refractivity contribution < 1.29 is 23.4 Å². The standard InChI is InChI=1S/C24H26ClNO6/c1-6-26(7-2)21(27)13-31-24-22(28)16-12-17(25)14(3)10-19(16)32-23(24)15-8-9-18(29-4)20(11-15)30-5/h8-12H,6-7,13H2,1-5H3. The van der Waals surface area contributed by atoms with Gasteiger partial charge in [-0.05, 0) is 56.7 Å². The van der Waals surface area contributed by atoms with Gasteiger partial charge in [-0.3, -0.25) is 9.59 Å². The number of amides is 1. The minimum absolute atomic E-state index is 0.0647. The van der Waals surface area contributed by atoms with E-state index >= 15 is 0 Å². The summed E-state index contributed by atoms with van der Waals surface area (Å²) in [5.74, 6) is 0.892. The number of halogens is 1. The van der Waals surface area contributed by atoms with Gasteiger partial charge in [0.05, 0.1) is 19.6 Å². The molecule has 0 atom stereocenters. The Morgan fingerprint density at radius 2 is 1.75 bits per heavy atom. The Kier molecular flexibility index (Phi) is 7.30. The molecule has 170 valence electrons. The number of likely N-dealkylation sites (N-methyl/N-ethyl adjacent to an activating group) is 1. The first kappa shape index (κ1) is 23.5. The number of fused-ring (bicyclic) bond motifs is 1. The van der Waals surface area contributed by atoms with Crippen LogP contribution in [0.4, 0.5) is 0 Å². The SMILES string of the molecule is CCN(CC)C(=O)COc1c(-c2ccc(OC)c(OC)c2)oc2cc(C)c(Cl)cc2c1=O. The molecular formula is C24H26ClNO6. The summed E-state index contributed by atoms with van der Waals surface area (Å²) in [6.45, 7) is 6.38. The Bertz CT molecular complexity index is 1200. The number of nitrogens with zero attached hydrogens (tertiary/aromatic N) is 1. The van der Waals surface area contributed by atoms with Crippen molar-refractivity contribution in [2.75, 3.05) is 33.9 Å². The molecule has 0 radical (unpaired) electrons. The van der Waals surface area contributed by atoms with E-state index in [2.05, 4.69) is 0 Å². The summed E-state index contributed by atoms with van der Waals surface area (Å²) in [6, 6.07) is 8.37. The smallest absolute Gasteiger partial charge is 0.260 e. The van der Waals surface area contributed by atoms with E-state index in [0.29, 0.717) is 40.8 Å². The van der Waals surface area contributed by atoms with Gasteiger partial charge in [0.2, 0.25) is 11.2 Å². The fourth-order valence-corrected chi connectivity index (χ4v) is 3.56. The van der Waals surface area contributed by atoms with E-state index < -0.39 is 5.43 Å². The zero-order chi connectivity index (χ0) is 23.4. The van der Waals surface area contributed by atoms with Gasteiger partial charge in [0.1, 0.15) is 5.58 Å². The summed E-state index contributed by atoms with van der Waals surface area (Å²) < 4.78 is 22.6. The van der Waals surface area contributed by atoms with Crippen LogP contribution in [0.25, 0.3) is 22.3 Å². The summed E-state index contributed by atoms with van der Waals surface area (Å²) in [5, 5.41) is 0.712. The Hall–Kier alpha value is -3.19. The number of methoxy groups -OCH3 is 2. The highest BCUT2D eigenvalue weighted by Crippen LogP contribution is 2.37. The van der Waals surface area contributed by atoms with E-state index in [0.717, 1.165) is 5.56 Å². The van der Waals surface area contributed by atoms with Crippen LogP contribution in [0.2, 0.25) is 5.02 Å². The maximum Gasteiger partial charge on any atom is 0.260 e. The van der Waals surface area contributed by atoms with E-state index in [9.17, 15) is 9.59 Å². The van der Waals surface area contributed by atoms with Crippen LogP contribution in [-0.4, -0.2) is 44.7 Å². The average Bonchev–Trinajstić information content (AvgIpc) is 2.80. The van der Waals surface area contributed by atoms with Crippen LogP contribution < -0.4 is 19.6 Å². The van der Waals surface area contributed by atoms with Crippen molar-refractivity contribution in [3.63, 3.8) is 0 Å². The highest BCUT2D eigenvalue weighted by molar-refractivity contribution is 6.32. The average molecular weight is 460 g/mol. The lowest BCUT2D eigenvalue weighted by Crippen LogP contribution is -2.35. The van der Waals surface area contributed by atoms with Crippen LogP contribution in [0, 0.1) is 6.92 Å². The predicted molar refractivity (Wildman–Crippen MR) is 124 cm³/mol. The Morgan fingerprint density at radius 1 is 1.06 bits per heavy atom. The van der Waals surface area contributed by atoms with Crippen molar-refractivity contribution in [1.82, 2.24) is 4.90 Å². The predicted octanol–water partition coefficient (Wildman–Crippen LogP) is 4.69. The second kappa shape index (κ2) is 9.96. The fraction of sp³-hybridized carbons (Fsp3) is 0.333. The van der Waals surface area contributed by atoms with Gasteiger partial charge in [-0.15, -0.1) is 0 Å². The molecule has 0 unspecified atom stereocenters. The van der Waals surface area contributed by atoms with Crippen LogP contribution in [0.15, 0.2) is 39.5 Å². The molecule has 0 spiro atoms. The number of benzene rings is 2. The van der Waals surface area contributed by atoms with Crippen molar-refractivity contribution in [3.8, 4) is 28.6 Å². The van der Waals surface area contributed by atoms with Crippen LogP contribution in [0.5, 0.6) is 17.2 Å². The highest BCUT2D eigenvalue weighted by atomic mass is 35.5. The lowest BCUT2D eigenvalue weighted by atomic mass is 10.1. The van der Waals surface area contributed by atoms with E-state index in [1.54, 1.807) is 35.2 Å². The van der Waals surface area contributed by atoms with Gasteiger partial charge in [-0.1, -0.05) is 11.6 Å². The molecule has 1 heterocycles. The number of aryl methyl sites for hydroxylation is 1. The number of hydrogen-bond donors (Lipinski definition) is 0. The molecule has 0 aliphatic rings. The maximum atomic E-state index is 13.4. The molecule has 3 aromatic rings. The normalized spacial score (nSPS) is 10.8. The molecule has 0 aliphatic heterocycles. The fourth-order valence-electron chi connectivity index (χ4n) is 3.40. The van der Waals surface area contributed by atoms with E-state index in [1.165, 1.54) is 14.2 Å². The van der Waals surface area contributed by atoms with Gasteiger partial charge in [0, 0.05) is 23.7 Å². The van der Waals surface area contributed by atoms with Crippen LogP contribution in [0.1, 0.15) is 19.4 Å². The van der Waals surface area contributed by atoms with Crippen LogP contribution in [0.3, 0.4) is 0 Å². The van der Waals surface area contributed by atoms with E-state index in [-0.39, 0.29) is 29.4 Å². The van der Waals surface area contributed by atoms with Gasteiger partial charge >= 0.3 is 0 Å². The topological polar surface area (TPSA) is 78.2 Å². The number of carbonyl (C=O) groups is 1. The summed E-state index contributed by atoms with van der Waals surface area (Å²) in [5.41, 5.74) is 1.26. The molecule has 0 aliphatic carbocycles. The third-order valence-electron chi connectivity index (χ3n) is 5.23. The molecule has 1 aromatic heterocycles. The molecule has 7 nitrogen and oxygen atoms in total. The molecule has 0 bridgehead atoms. The quantitative estimate of drug-likeness (QED) is 0.486. The second-order valence-electron chi connectivity index (χ2n) is 7.11. The zero-order valence-corrected chi connectivity index (χ0v) is 19.5. The molecule has 32 heavy (non-hydrogen) atoms. The third kappa shape index (κ3) is 4.53. The monoisotopic (exact) mass is 459 g/mol. The number of ether oxygens (including phenoxy) is 3. The van der Waals surface area contributed by atoms with Gasteiger partial charge < -0.3 is 23.5 Å². The molecule has 3 rings (SSSR count).